The Morgan fingerprint density at radius 3 is 2.75 bits per heavy atom. The quantitative estimate of drug-likeness (QED) is 0.746. The van der Waals surface area contributed by atoms with Gasteiger partial charge < -0.3 is 15.4 Å². The molecule has 0 atom stereocenters. The molecule has 3 aromatic rings. The van der Waals surface area contributed by atoms with Crippen molar-refractivity contribution in [2.75, 3.05) is 17.7 Å². The number of aryl methyl sites for hydroxylation is 1. The van der Waals surface area contributed by atoms with Crippen LogP contribution in [0.2, 0.25) is 5.02 Å². The van der Waals surface area contributed by atoms with E-state index in [1.54, 1.807) is 36.5 Å². The molecule has 0 unspecified atom stereocenters. The van der Waals surface area contributed by atoms with Gasteiger partial charge in [0.25, 0.3) is 0 Å². The molecule has 0 radical (unpaired) electrons. The fourth-order valence-electron chi connectivity index (χ4n) is 2.34. The first-order chi connectivity index (χ1) is 11.6. The van der Waals surface area contributed by atoms with Crippen LogP contribution < -0.4 is 15.4 Å². The molecule has 3 rings (SSSR count). The SMILES string of the molecule is COc1ccc(Cl)cc1NC(=O)Nc1cc(C)nc2ncccc12. The normalized spacial score (nSPS) is 10.5. The molecule has 2 N–H and O–H groups in total. The maximum atomic E-state index is 12.4. The van der Waals surface area contributed by atoms with E-state index in [1.807, 2.05) is 13.0 Å². The average Bonchev–Trinajstić information content (AvgIpc) is 2.55. The Hall–Kier alpha value is -2.86. The molecule has 0 saturated heterocycles. The summed E-state index contributed by atoms with van der Waals surface area (Å²) < 4.78 is 5.22. The number of methoxy groups -OCH3 is 1. The summed E-state index contributed by atoms with van der Waals surface area (Å²) in [6, 6.07) is 10.0. The van der Waals surface area contributed by atoms with E-state index in [-0.39, 0.29) is 0 Å². The van der Waals surface area contributed by atoms with Crippen molar-refractivity contribution in [3.05, 3.63) is 53.3 Å². The molecule has 122 valence electrons. The molecule has 2 aromatic heterocycles. The van der Waals surface area contributed by atoms with Gasteiger partial charge in [-0.25, -0.2) is 14.8 Å². The number of amides is 2. The van der Waals surface area contributed by atoms with Crippen molar-refractivity contribution in [3.8, 4) is 5.75 Å². The van der Waals surface area contributed by atoms with Crippen LogP contribution in [0.4, 0.5) is 16.2 Å². The van der Waals surface area contributed by atoms with Gasteiger partial charge in [-0.05, 0) is 43.3 Å². The van der Waals surface area contributed by atoms with Gasteiger partial charge in [0.2, 0.25) is 0 Å². The second kappa shape index (κ2) is 6.72. The molecule has 2 heterocycles. The highest BCUT2D eigenvalue weighted by atomic mass is 35.5. The van der Waals surface area contributed by atoms with Gasteiger partial charge in [-0.2, -0.15) is 0 Å². The van der Waals surface area contributed by atoms with Crippen LogP contribution in [0, 0.1) is 6.92 Å². The summed E-state index contributed by atoms with van der Waals surface area (Å²) in [5.74, 6) is 0.520. The molecule has 0 bridgehead atoms. The summed E-state index contributed by atoms with van der Waals surface area (Å²) in [7, 11) is 1.53. The minimum Gasteiger partial charge on any atom is -0.495 e. The van der Waals surface area contributed by atoms with Crippen LogP contribution in [-0.4, -0.2) is 23.1 Å². The highest BCUT2D eigenvalue weighted by Gasteiger charge is 2.11. The van der Waals surface area contributed by atoms with Crippen LogP contribution >= 0.6 is 11.6 Å². The Labute approximate surface area is 143 Å². The van der Waals surface area contributed by atoms with E-state index in [9.17, 15) is 4.79 Å². The summed E-state index contributed by atoms with van der Waals surface area (Å²) in [6.07, 6.45) is 1.66. The second-order valence-corrected chi connectivity index (χ2v) is 5.55. The van der Waals surface area contributed by atoms with Crippen molar-refractivity contribution in [2.24, 2.45) is 0 Å². The molecular formula is C17H15ClN4O2. The predicted molar refractivity (Wildman–Crippen MR) is 94.9 cm³/mol. The number of carbonyl (C=O) groups excluding carboxylic acids is 1. The monoisotopic (exact) mass is 342 g/mol. The molecule has 7 heteroatoms. The maximum Gasteiger partial charge on any atom is 0.323 e. The third kappa shape index (κ3) is 3.38. The minimum absolute atomic E-state index is 0.411. The summed E-state index contributed by atoms with van der Waals surface area (Å²) >= 11 is 5.97. The lowest BCUT2D eigenvalue weighted by atomic mass is 10.2. The average molecular weight is 343 g/mol. The first-order valence-corrected chi connectivity index (χ1v) is 7.58. The van der Waals surface area contributed by atoms with Crippen molar-refractivity contribution in [2.45, 2.75) is 6.92 Å². The van der Waals surface area contributed by atoms with Crippen molar-refractivity contribution >= 4 is 40.0 Å². The van der Waals surface area contributed by atoms with E-state index < -0.39 is 6.03 Å². The number of rotatable bonds is 3. The lowest BCUT2D eigenvalue weighted by Crippen LogP contribution is -2.20. The fraction of sp³-hybridized carbons (Fsp3) is 0.118. The number of nitrogens with zero attached hydrogens (tertiary/aromatic N) is 2. The van der Waals surface area contributed by atoms with Gasteiger partial charge in [0, 0.05) is 22.3 Å². The third-order valence-corrected chi connectivity index (χ3v) is 3.61. The molecule has 6 nitrogen and oxygen atoms in total. The molecule has 0 spiro atoms. The van der Waals surface area contributed by atoms with E-state index in [2.05, 4.69) is 20.6 Å². The highest BCUT2D eigenvalue weighted by molar-refractivity contribution is 6.31. The van der Waals surface area contributed by atoms with E-state index in [0.717, 1.165) is 11.1 Å². The van der Waals surface area contributed by atoms with Crippen LogP contribution in [0.3, 0.4) is 0 Å². The molecule has 1 aromatic carbocycles. The topological polar surface area (TPSA) is 76.1 Å². The zero-order chi connectivity index (χ0) is 17.1. The number of hydrogen-bond acceptors (Lipinski definition) is 4. The molecule has 0 aliphatic rings. The smallest absolute Gasteiger partial charge is 0.323 e. The number of nitrogens with one attached hydrogen (secondary N) is 2. The van der Waals surface area contributed by atoms with E-state index in [0.29, 0.717) is 27.8 Å². The molecule has 2 amide bonds. The Bertz CT molecular complexity index is 914. The zero-order valence-corrected chi connectivity index (χ0v) is 13.9. The zero-order valence-electron chi connectivity index (χ0n) is 13.1. The first-order valence-electron chi connectivity index (χ1n) is 7.21. The van der Waals surface area contributed by atoms with Crippen LogP contribution in [0.25, 0.3) is 11.0 Å². The molecule has 0 saturated carbocycles. The Morgan fingerprint density at radius 1 is 1.17 bits per heavy atom. The lowest BCUT2D eigenvalue weighted by molar-refractivity contribution is 0.262. The number of carbonyl (C=O) groups is 1. The summed E-state index contributed by atoms with van der Waals surface area (Å²) in [5, 5.41) is 6.81. The maximum absolute atomic E-state index is 12.4. The summed E-state index contributed by atoms with van der Waals surface area (Å²) in [4.78, 5) is 20.9. The number of aromatic nitrogens is 2. The molecule has 24 heavy (non-hydrogen) atoms. The summed E-state index contributed by atoms with van der Waals surface area (Å²) in [6.45, 7) is 1.84. The van der Waals surface area contributed by atoms with Gasteiger partial charge in [-0.1, -0.05) is 11.6 Å². The van der Waals surface area contributed by atoms with Crippen molar-refractivity contribution < 1.29 is 9.53 Å². The van der Waals surface area contributed by atoms with Crippen molar-refractivity contribution in [1.82, 2.24) is 9.97 Å². The highest BCUT2D eigenvalue weighted by Crippen LogP contribution is 2.28. The number of halogens is 1. The Balaban J connectivity index is 1.87. The van der Waals surface area contributed by atoms with Crippen molar-refractivity contribution in [3.63, 3.8) is 0 Å². The number of pyridine rings is 2. The van der Waals surface area contributed by atoms with Gasteiger partial charge in [-0.15, -0.1) is 0 Å². The third-order valence-electron chi connectivity index (χ3n) is 3.37. The fourth-order valence-corrected chi connectivity index (χ4v) is 2.51. The van der Waals surface area contributed by atoms with Gasteiger partial charge >= 0.3 is 6.03 Å². The lowest BCUT2D eigenvalue weighted by Gasteiger charge is -2.13. The largest absolute Gasteiger partial charge is 0.495 e. The standard InChI is InChI=1S/C17H15ClN4O2/c1-10-8-13(12-4-3-7-19-16(12)20-10)21-17(23)22-14-9-11(18)5-6-15(14)24-2/h3-9H,1-2H3,(H2,19,20,21,22,23). The molecule has 0 fully saturated rings. The van der Waals surface area contributed by atoms with Crippen LogP contribution in [0.1, 0.15) is 5.69 Å². The van der Waals surface area contributed by atoms with E-state index in [1.165, 1.54) is 7.11 Å². The number of ether oxygens (including phenoxy) is 1. The van der Waals surface area contributed by atoms with Crippen molar-refractivity contribution in [1.29, 1.82) is 0 Å². The molecule has 0 aliphatic carbocycles. The Morgan fingerprint density at radius 2 is 1.96 bits per heavy atom. The Kier molecular flexibility index (Phi) is 4.48. The van der Waals surface area contributed by atoms with Gasteiger partial charge in [0.15, 0.2) is 5.65 Å². The number of urea groups is 1. The number of fused-ring (bicyclic) bond motifs is 1. The second-order valence-electron chi connectivity index (χ2n) is 5.11. The van der Waals surface area contributed by atoms with Crippen LogP contribution in [-0.2, 0) is 0 Å². The molecule has 0 aliphatic heterocycles. The van der Waals surface area contributed by atoms with Crippen LogP contribution in [0.15, 0.2) is 42.6 Å². The first kappa shape index (κ1) is 16.0. The van der Waals surface area contributed by atoms with Gasteiger partial charge in [-0.3, -0.25) is 0 Å². The number of benzene rings is 1. The van der Waals surface area contributed by atoms with Crippen LogP contribution in [0.5, 0.6) is 5.75 Å². The van der Waals surface area contributed by atoms with Gasteiger partial charge in [0.1, 0.15) is 5.75 Å². The van der Waals surface area contributed by atoms with Gasteiger partial charge in [0.05, 0.1) is 18.5 Å². The molecular weight excluding hydrogens is 328 g/mol. The minimum atomic E-state index is -0.411. The number of hydrogen-bond donors (Lipinski definition) is 2. The van der Waals surface area contributed by atoms with E-state index in [4.69, 9.17) is 16.3 Å². The predicted octanol–water partition coefficient (Wildman–Crippen LogP) is 4.24. The van der Waals surface area contributed by atoms with E-state index >= 15 is 0 Å². The number of anilines is 2. The summed E-state index contributed by atoms with van der Waals surface area (Å²) in [5.41, 5.74) is 2.45.